The van der Waals surface area contributed by atoms with Gasteiger partial charge in [-0.05, 0) is 12.1 Å². The molecule has 2 aromatic rings. The topological polar surface area (TPSA) is 127 Å². The van der Waals surface area contributed by atoms with Crippen molar-refractivity contribution in [3.63, 3.8) is 0 Å². The van der Waals surface area contributed by atoms with E-state index in [1.54, 1.807) is 0 Å². The highest BCUT2D eigenvalue weighted by Crippen LogP contribution is 2.08. The maximum atomic E-state index is 11.9. The molecule has 0 aliphatic carbocycles. The summed E-state index contributed by atoms with van der Waals surface area (Å²) < 4.78 is 26.2. The lowest BCUT2D eigenvalue weighted by atomic mass is 10.3. The van der Waals surface area contributed by atoms with Crippen LogP contribution in [-0.2, 0) is 16.6 Å². The Morgan fingerprint density at radius 2 is 2.21 bits per heavy atom. The number of aromatic nitrogens is 4. The molecule has 19 heavy (non-hydrogen) atoms. The normalized spacial score (nSPS) is 11.4. The van der Waals surface area contributed by atoms with Crippen molar-refractivity contribution in [2.45, 2.75) is 11.4 Å². The van der Waals surface area contributed by atoms with Crippen molar-refractivity contribution in [2.75, 3.05) is 0 Å². The van der Waals surface area contributed by atoms with Crippen molar-refractivity contribution in [3.8, 4) is 0 Å². The molecule has 0 atom stereocenters. The van der Waals surface area contributed by atoms with E-state index in [9.17, 15) is 8.42 Å². The molecule has 0 saturated carbocycles. The Morgan fingerprint density at radius 3 is 2.74 bits per heavy atom. The number of aromatic amines is 1. The number of rotatable bonds is 5. The summed E-state index contributed by atoms with van der Waals surface area (Å²) in [5.41, 5.74) is 5.75. The molecule has 100 valence electrons. The van der Waals surface area contributed by atoms with Gasteiger partial charge in [0, 0.05) is 6.20 Å². The highest BCUT2D eigenvalue weighted by atomic mass is 32.2. The number of hydrogen-bond acceptors (Lipinski definition) is 6. The van der Waals surface area contributed by atoms with Gasteiger partial charge in [-0.25, -0.2) is 18.1 Å². The Bertz CT molecular complexity index is 665. The molecule has 0 aliphatic heterocycles. The van der Waals surface area contributed by atoms with Crippen LogP contribution in [0.4, 0.5) is 0 Å². The highest BCUT2D eigenvalue weighted by molar-refractivity contribution is 7.89. The first-order valence-electron chi connectivity index (χ1n) is 5.09. The molecule has 0 aromatic carbocycles. The third-order valence-corrected chi connectivity index (χ3v) is 3.79. The molecule has 0 amide bonds. The zero-order valence-electron chi connectivity index (χ0n) is 9.57. The molecule has 4 N–H and O–H groups in total. The first kappa shape index (κ1) is 13.5. The fourth-order valence-corrected chi connectivity index (χ4v) is 2.30. The largest absolute Gasteiger partial charge is 0.388 e. The minimum Gasteiger partial charge on any atom is -0.388 e. The third kappa shape index (κ3) is 3.30. The molecule has 0 saturated heterocycles. The Labute approximate surface area is 114 Å². The highest BCUT2D eigenvalue weighted by Gasteiger charge is 2.15. The average molecular weight is 298 g/mol. The first-order chi connectivity index (χ1) is 8.99. The SMILES string of the molecule is NC(=S)c1ccc(S(=O)(=O)NCc2ncn[nH]2)cn1. The molecular formula is C9H10N6O2S2. The number of sulfonamides is 1. The van der Waals surface area contributed by atoms with Crippen LogP contribution in [0.3, 0.4) is 0 Å². The quantitative estimate of drug-likeness (QED) is 0.624. The number of hydrogen-bond donors (Lipinski definition) is 3. The van der Waals surface area contributed by atoms with E-state index in [4.69, 9.17) is 18.0 Å². The van der Waals surface area contributed by atoms with Crippen LogP contribution in [0.2, 0.25) is 0 Å². The minimum absolute atomic E-state index is 0.0133. The zero-order chi connectivity index (χ0) is 13.9. The van der Waals surface area contributed by atoms with Gasteiger partial charge in [-0.15, -0.1) is 0 Å². The Balaban J connectivity index is 2.13. The number of pyridine rings is 1. The second-order valence-corrected chi connectivity index (χ2v) is 5.71. The number of nitrogens with zero attached hydrogens (tertiary/aromatic N) is 3. The van der Waals surface area contributed by atoms with Crippen molar-refractivity contribution in [1.29, 1.82) is 0 Å². The summed E-state index contributed by atoms with van der Waals surface area (Å²) in [6.45, 7) is 0.0133. The number of thiocarbonyl (C=S) groups is 1. The van der Waals surface area contributed by atoms with Crippen LogP contribution in [-0.4, -0.2) is 33.6 Å². The van der Waals surface area contributed by atoms with E-state index in [1.807, 2.05) is 0 Å². The summed E-state index contributed by atoms with van der Waals surface area (Å²) in [6, 6.07) is 2.83. The fourth-order valence-electron chi connectivity index (χ4n) is 1.25. The molecule has 2 rings (SSSR count). The zero-order valence-corrected chi connectivity index (χ0v) is 11.2. The van der Waals surface area contributed by atoms with Gasteiger partial charge < -0.3 is 5.73 Å². The van der Waals surface area contributed by atoms with Crippen LogP contribution in [0.1, 0.15) is 11.5 Å². The lowest BCUT2D eigenvalue weighted by Crippen LogP contribution is -2.24. The standard InChI is InChI=1S/C9H10N6O2S2/c10-9(18)7-2-1-6(3-11-7)19(16,17)14-4-8-12-5-13-15-8/h1-3,5,14H,4H2,(H2,10,18)(H,12,13,15). The lowest BCUT2D eigenvalue weighted by molar-refractivity contribution is 0.579. The molecule has 2 aromatic heterocycles. The fraction of sp³-hybridized carbons (Fsp3) is 0.111. The summed E-state index contributed by atoms with van der Waals surface area (Å²) in [6.07, 6.45) is 2.49. The molecular weight excluding hydrogens is 288 g/mol. The first-order valence-corrected chi connectivity index (χ1v) is 6.98. The van der Waals surface area contributed by atoms with Gasteiger partial charge in [-0.2, -0.15) is 5.10 Å². The maximum absolute atomic E-state index is 11.9. The summed E-state index contributed by atoms with van der Waals surface area (Å²) >= 11 is 4.73. The summed E-state index contributed by atoms with van der Waals surface area (Å²) in [4.78, 5) is 7.81. The molecule has 8 nitrogen and oxygen atoms in total. The van der Waals surface area contributed by atoms with E-state index < -0.39 is 10.0 Å². The van der Waals surface area contributed by atoms with Gasteiger partial charge >= 0.3 is 0 Å². The minimum atomic E-state index is -3.66. The van der Waals surface area contributed by atoms with Crippen molar-refractivity contribution in [3.05, 3.63) is 36.2 Å². The van der Waals surface area contributed by atoms with Crippen LogP contribution in [0, 0.1) is 0 Å². The van der Waals surface area contributed by atoms with Crippen LogP contribution in [0.25, 0.3) is 0 Å². The van der Waals surface area contributed by atoms with E-state index in [1.165, 1.54) is 24.7 Å². The Hall–Kier alpha value is -1.91. The van der Waals surface area contributed by atoms with E-state index in [0.717, 1.165) is 0 Å². The summed E-state index contributed by atoms with van der Waals surface area (Å²) in [5.74, 6) is 0.413. The van der Waals surface area contributed by atoms with Gasteiger partial charge in [-0.1, -0.05) is 12.2 Å². The molecule has 2 heterocycles. The van der Waals surface area contributed by atoms with Crippen LogP contribution in [0.5, 0.6) is 0 Å². The molecule has 0 bridgehead atoms. The number of nitrogens with one attached hydrogen (secondary N) is 2. The van der Waals surface area contributed by atoms with Crippen LogP contribution >= 0.6 is 12.2 Å². The molecule has 0 fully saturated rings. The second-order valence-electron chi connectivity index (χ2n) is 3.50. The van der Waals surface area contributed by atoms with Gasteiger partial charge in [0.2, 0.25) is 10.0 Å². The lowest BCUT2D eigenvalue weighted by Gasteiger charge is -2.05. The second kappa shape index (κ2) is 5.38. The summed E-state index contributed by atoms with van der Waals surface area (Å²) in [5, 5.41) is 6.16. The number of H-pyrrole nitrogens is 1. The predicted octanol–water partition coefficient (Wildman–Crippen LogP) is -0.688. The maximum Gasteiger partial charge on any atom is 0.242 e. The van der Waals surface area contributed by atoms with Crippen LogP contribution in [0.15, 0.2) is 29.6 Å². The van der Waals surface area contributed by atoms with E-state index in [0.29, 0.717) is 11.5 Å². The molecule has 0 unspecified atom stereocenters. The summed E-state index contributed by atoms with van der Waals surface area (Å²) in [7, 11) is -3.66. The monoisotopic (exact) mass is 298 g/mol. The van der Waals surface area contributed by atoms with Gasteiger partial charge in [0.1, 0.15) is 22.0 Å². The van der Waals surface area contributed by atoms with Gasteiger partial charge in [-0.3, -0.25) is 10.1 Å². The third-order valence-electron chi connectivity index (χ3n) is 2.19. The Morgan fingerprint density at radius 1 is 1.42 bits per heavy atom. The van der Waals surface area contributed by atoms with Crippen molar-refractivity contribution in [1.82, 2.24) is 24.9 Å². The van der Waals surface area contributed by atoms with Gasteiger partial charge in [0.25, 0.3) is 0 Å². The molecule has 0 spiro atoms. The van der Waals surface area contributed by atoms with E-state index in [2.05, 4.69) is 24.9 Å². The Kier molecular flexibility index (Phi) is 3.83. The van der Waals surface area contributed by atoms with Crippen molar-refractivity contribution >= 4 is 27.2 Å². The molecule has 0 aliphatic rings. The van der Waals surface area contributed by atoms with E-state index >= 15 is 0 Å². The predicted molar refractivity (Wildman–Crippen MR) is 70.5 cm³/mol. The van der Waals surface area contributed by atoms with Crippen LogP contribution < -0.4 is 10.5 Å². The molecule has 0 radical (unpaired) electrons. The molecule has 10 heteroatoms. The number of nitrogens with two attached hydrogens (primary N) is 1. The van der Waals surface area contributed by atoms with Crippen molar-refractivity contribution in [2.24, 2.45) is 5.73 Å². The van der Waals surface area contributed by atoms with Gasteiger partial charge in [0.05, 0.1) is 12.2 Å². The van der Waals surface area contributed by atoms with Crippen molar-refractivity contribution < 1.29 is 8.42 Å². The smallest absolute Gasteiger partial charge is 0.242 e. The van der Waals surface area contributed by atoms with E-state index in [-0.39, 0.29) is 16.4 Å². The van der Waals surface area contributed by atoms with Gasteiger partial charge in [0.15, 0.2) is 0 Å². The average Bonchev–Trinajstić information content (AvgIpc) is 2.90.